The van der Waals surface area contributed by atoms with Gasteiger partial charge in [-0.3, -0.25) is 4.79 Å². The van der Waals surface area contributed by atoms with Gasteiger partial charge < -0.3 is 13.7 Å². The average Bonchev–Trinajstić information content (AvgIpc) is 3.02. The fraction of sp³-hybridized carbons (Fsp3) is 0.588. The Hall–Kier alpha value is -1.79. The van der Waals surface area contributed by atoms with E-state index >= 15 is 0 Å². The normalized spacial score (nSPS) is 26.3. The van der Waals surface area contributed by atoms with Crippen LogP contribution in [-0.4, -0.2) is 38.2 Å². The molecule has 1 saturated carbocycles. The molecule has 1 aliphatic carbocycles. The molecule has 3 rings (SSSR count). The van der Waals surface area contributed by atoms with Gasteiger partial charge in [0.05, 0.1) is 6.10 Å². The molecule has 0 bridgehead atoms. The molecule has 3 atom stereocenters. The van der Waals surface area contributed by atoms with E-state index in [9.17, 15) is 35.2 Å². The smallest absolute Gasteiger partial charge is 0.373 e. The monoisotopic (exact) mass is 444 g/mol. The minimum absolute atomic E-state index is 0.00734. The first-order chi connectivity index (χ1) is 13.4. The highest BCUT2D eigenvalue weighted by atomic mass is 32.2. The van der Waals surface area contributed by atoms with Crippen LogP contribution in [0.15, 0.2) is 12.1 Å². The lowest BCUT2D eigenvalue weighted by atomic mass is 9.72. The molecular formula is C17H17F5O6S. The molecule has 1 aromatic rings. The van der Waals surface area contributed by atoms with E-state index in [0.29, 0.717) is 12.5 Å². The summed E-state index contributed by atoms with van der Waals surface area (Å²) in [5, 5.41) is 0. The molecule has 0 N–H and O–H groups in total. The highest BCUT2D eigenvalue weighted by Crippen LogP contribution is 2.44. The van der Waals surface area contributed by atoms with Crippen molar-refractivity contribution in [2.75, 3.05) is 6.79 Å². The summed E-state index contributed by atoms with van der Waals surface area (Å²) >= 11 is 0. The van der Waals surface area contributed by atoms with Crippen molar-refractivity contribution in [1.82, 2.24) is 0 Å². The second-order valence-electron chi connectivity index (χ2n) is 7.08. The number of hydrogen-bond acceptors (Lipinski definition) is 6. The third kappa shape index (κ3) is 4.10. The number of Topliss-reactive ketones (excluding diaryl/α,β-unsaturated/α-hetero) is 1. The van der Waals surface area contributed by atoms with Crippen molar-refractivity contribution in [3.8, 4) is 5.75 Å². The maximum Gasteiger partial charge on any atom is 0.534 e. The third-order valence-corrected chi connectivity index (χ3v) is 6.26. The standard InChI is InChI=1S/C17H17F5O6S/c1-9(16-3-2-11(23)6-15(16)26-8-27-16)4-10-5-13(19)14(7-12(10)18)28-29(24,25)17(20,21)22/h5,7,9,15H,2-4,6,8H2,1H3/t9?,15-,16-/m1/s1. The van der Waals surface area contributed by atoms with Crippen LogP contribution < -0.4 is 4.18 Å². The van der Waals surface area contributed by atoms with Crippen molar-refractivity contribution in [3.63, 3.8) is 0 Å². The van der Waals surface area contributed by atoms with Crippen LogP contribution in [0.3, 0.4) is 0 Å². The van der Waals surface area contributed by atoms with Gasteiger partial charge >= 0.3 is 15.6 Å². The first-order valence-corrected chi connectivity index (χ1v) is 10.0. The van der Waals surface area contributed by atoms with Gasteiger partial charge in [0.15, 0.2) is 11.6 Å². The highest BCUT2D eigenvalue weighted by Gasteiger charge is 2.52. The molecular weight excluding hydrogens is 427 g/mol. The largest absolute Gasteiger partial charge is 0.534 e. The van der Waals surface area contributed by atoms with Crippen LogP contribution in [0.4, 0.5) is 22.0 Å². The number of rotatable bonds is 5. The van der Waals surface area contributed by atoms with Crippen molar-refractivity contribution in [3.05, 3.63) is 29.3 Å². The van der Waals surface area contributed by atoms with Crippen molar-refractivity contribution < 1.29 is 48.8 Å². The van der Waals surface area contributed by atoms with Crippen molar-refractivity contribution in [2.24, 2.45) is 5.92 Å². The molecule has 2 aliphatic rings. The van der Waals surface area contributed by atoms with Gasteiger partial charge in [0.25, 0.3) is 0 Å². The molecule has 1 heterocycles. The molecule has 0 radical (unpaired) electrons. The topological polar surface area (TPSA) is 78.9 Å². The number of hydrogen-bond donors (Lipinski definition) is 0. The van der Waals surface area contributed by atoms with Gasteiger partial charge in [-0.15, -0.1) is 0 Å². The molecule has 0 amide bonds. The zero-order chi connectivity index (χ0) is 21.6. The molecule has 1 saturated heterocycles. The van der Waals surface area contributed by atoms with E-state index in [1.165, 1.54) is 0 Å². The predicted molar refractivity (Wildman–Crippen MR) is 87.2 cm³/mol. The lowest BCUT2D eigenvalue weighted by molar-refractivity contribution is -0.130. The summed E-state index contributed by atoms with van der Waals surface area (Å²) < 4.78 is 103. The Kier molecular flexibility index (Phi) is 5.65. The molecule has 0 aromatic heterocycles. The molecule has 29 heavy (non-hydrogen) atoms. The van der Waals surface area contributed by atoms with E-state index in [4.69, 9.17) is 9.47 Å². The molecule has 1 aromatic carbocycles. The summed E-state index contributed by atoms with van der Waals surface area (Å²) in [7, 11) is -6.14. The van der Waals surface area contributed by atoms with Crippen LogP contribution >= 0.6 is 0 Å². The second-order valence-corrected chi connectivity index (χ2v) is 8.62. The van der Waals surface area contributed by atoms with Gasteiger partial charge in [0, 0.05) is 18.9 Å². The van der Waals surface area contributed by atoms with Crippen LogP contribution in [0.1, 0.15) is 31.7 Å². The second kappa shape index (κ2) is 7.47. The molecule has 12 heteroatoms. The molecule has 2 fully saturated rings. The maximum absolute atomic E-state index is 14.4. The number of carbonyl (C=O) groups is 1. The lowest BCUT2D eigenvalue weighted by Gasteiger charge is -2.40. The van der Waals surface area contributed by atoms with Gasteiger partial charge in [-0.2, -0.15) is 21.6 Å². The number of ketones is 1. The van der Waals surface area contributed by atoms with Crippen LogP contribution in [0.25, 0.3) is 0 Å². The summed E-state index contributed by atoms with van der Waals surface area (Å²) in [4.78, 5) is 11.7. The fourth-order valence-corrected chi connectivity index (χ4v) is 4.19. The van der Waals surface area contributed by atoms with E-state index in [-0.39, 0.29) is 43.5 Å². The molecule has 6 nitrogen and oxygen atoms in total. The quantitative estimate of drug-likeness (QED) is 0.394. The van der Waals surface area contributed by atoms with E-state index in [2.05, 4.69) is 4.18 Å². The third-order valence-electron chi connectivity index (χ3n) is 5.29. The Labute approximate surface area is 163 Å². The minimum Gasteiger partial charge on any atom is -0.373 e. The van der Waals surface area contributed by atoms with Crippen LogP contribution in [0.5, 0.6) is 5.75 Å². The van der Waals surface area contributed by atoms with Crippen molar-refractivity contribution in [2.45, 2.75) is 49.8 Å². The minimum atomic E-state index is -6.14. The number of ether oxygens (including phenoxy) is 2. The van der Waals surface area contributed by atoms with Gasteiger partial charge in [-0.05, 0) is 30.4 Å². The number of fused-ring (bicyclic) bond motifs is 1. The summed E-state index contributed by atoms with van der Waals surface area (Å²) in [5.41, 5.74) is -6.85. The van der Waals surface area contributed by atoms with Gasteiger partial charge in [-0.25, -0.2) is 8.78 Å². The average molecular weight is 444 g/mol. The Morgan fingerprint density at radius 1 is 1.28 bits per heavy atom. The van der Waals surface area contributed by atoms with Crippen molar-refractivity contribution >= 4 is 15.9 Å². The fourth-order valence-electron chi connectivity index (χ4n) is 3.73. The highest BCUT2D eigenvalue weighted by molar-refractivity contribution is 7.88. The number of carbonyl (C=O) groups excluding carboxylic acids is 1. The van der Waals surface area contributed by atoms with Crippen LogP contribution in [-0.2, 0) is 30.8 Å². The van der Waals surface area contributed by atoms with E-state index < -0.39 is 50.6 Å². The van der Waals surface area contributed by atoms with E-state index in [0.717, 1.165) is 0 Å². The first-order valence-electron chi connectivity index (χ1n) is 8.61. The Morgan fingerprint density at radius 2 is 1.97 bits per heavy atom. The molecule has 1 unspecified atom stereocenters. The maximum atomic E-state index is 14.4. The predicted octanol–water partition coefficient (Wildman–Crippen LogP) is 3.24. The zero-order valence-electron chi connectivity index (χ0n) is 15.1. The molecule has 1 aliphatic heterocycles. The lowest BCUT2D eigenvalue weighted by Crippen LogP contribution is -2.50. The van der Waals surface area contributed by atoms with Gasteiger partial charge in [-0.1, -0.05) is 6.92 Å². The number of alkyl halides is 3. The Bertz CT molecular complexity index is 916. The summed E-state index contributed by atoms with van der Waals surface area (Å²) in [6.07, 6.45) is 0.133. The first kappa shape index (κ1) is 21.9. The summed E-state index contributed by atoms with van der Waals surface area (Å²) in [6, 6.07) is 0.842. The Morgan fingerprint density at radius 3 is 2.62 bits per heavy atom. The number of halogens is 5. The van der Waals surface area contributed by atoms with Gasteiger partial charge in [0.1, 0.15) is 24.0 Å². The van der Waals surface area contributed by atoms with E-state index in [1.54, 1.807) is 6.92 Å². The molecule has 162 valence electrons. The van der Waals surface area contributed by atoms with Crippen LogP contribution in [0, 0.1) is 17.6 Å². The molecule has 0 spiro atoms. The van der Waals surface area contributed by atoms with Crippen LogP contribution in [0.2, 0.25) is 0 Å². The number of benzene rings is 1. The summed E-state index contributed by atoms with van der Waals surface area (Å²) in [5.74, 6) is -4.41. The van der Waals surface area contributed by atoms with Gasteiger partial charge in [0.2, 0.25) is 0 Å². The summed E-state index contributed by atoms with van der Waals surface area (Å²) in [6.45, 7) is 1.66. The SMILES string of the molecule is CC(Cc1cc(F)c(OS(=O)(=O)C(F)(F)F)cc1F)[C@]12CCC(=O)C[C@H]1OCO2. The van der Waals surface area contributed by atoms with E-state index in [1.807, 2.05) is 0 Å². The Balaban J connectivity index is 1.82. The zero-order valence-corrected chi connectivity index (χ0v) is 15.9. The van der Waals surface area contributed by atoms with Crippen molar-refractivity contribution in [1.29, 1.82) is 0 Å².